The van der Waals surface area contributed by atoms with E-state index in [1.54, 1.807) is 24.0 Å². The van der Waals surface area contributed by atoms with E-state index in [-0.39, 0.29) is 30.2 Å². The molecule has 38 heavy (non-hydrogen) atoms. The Kier molecular flexibility index (Phi) is 6.99. The lowest BCUT2D eigenvalue weighted by Gasteiger charge is -2.57. The SMILES string of the molecule is C[C@@H](OC[C@@]1(c2ccccc2)CC[C@]2(Cn3ccnn3)CN1CC(=O)N2)c1cc(CF)cc(C(F)(F)F)c1. The van der Waals surface area contributed by atoms with Crippen LogP contribution < -0.4 is 5.32 Å². The highest BCUT2D eigenvalue weighted by Gasteiger charge is 2.53. The molecule has 4 atom stereocenters. The van der Waals surface area contributed by atoms with Gasteiger partial charge in [0.2, 0.25) is 5.91 Å². The molecule has 7 nitrogen and oxygen atoms in total. The highest BCUT2D eigenvalue weighted by Crippen LogP contribution is 2.44. The average Bonchev–Trinajstić information content (AvgIpc) is 3.40. The molecule has 2 bridgehead atoms. The second-order valence-electron chi connectivity index (χ2n) is 10.2. The van der Waals surface area contributed by atoms with Crippen molar-refractivity contribution in [1.29, 1.82) is 0 Å². The van der Waals surface area contributed by atoms with Crippen LogP contribution in [0.15, 0.2) is 60.9 Å². The van der Waals surface area contributed by atoms with Gasteiger partial charge < -0.3 is 10.1 Å². The van der Waals surface area contributed by atoms with Gasteiger partial charge in [0.1, 0.15) is 6.67 Å². The number of halogens is 4. The lowest BCUT2D eigenvalue weighted by molar-refractivity contribution is -0.144. The fourth-order valence-electron chi connectivity index (χ4n) is 5.69. The number of carbonyl (C=O) groups excluding carboxylic acids is 1. The zero-order valence-corrected chi connectivity index (χ0v) is 20.9. The molecule has 5 rings (SSSR count). The second kappa shape index (κ2) is 10.1. The predicted octanol–water partition coefficient (Wildman–Crippen LogP) is 4.40. The second-order valence-corrected chi connectivity index (χ2v) is 10.2. The van der Waals surface area contributed by atoms with E-state index in [0.29, 0.717) is 25.9 Å². The van der Waals surface area contributed by atoms with Crippen molar-refractivity contribution in [2.75, 3.05) is 19.7 Å². The van der Waals surface area contributed by atoms with E-state index in [1.165, 1.54) is 6.07 Å². The molecule has 3 heterocycles. The summed E-state index contributed by atoms with van der Waals surface area (Å²) in [5.74, 6) is -0.116. The van der Waals surface area contributed by atoms with Gasteiger partial charge in [-0.15, -0.1) is 5.10 Å². The maximum Gasteiger partial charge on any atom is 0.416 e. The number of fused-ring (bicyclic) bond motifs is 2. The zero-order valence-electron chi connectivity index (χ0n) is 20.9. The van der Waals surface area contributed by atoms with Crippen LogP contribution in [0.1, 0.15) is 48.1 Å². The number of hydrogen-bond donors (Lipinski definition) is 1. The minimum absolute atomic E-state index is 0.0497. The fourth-order valence-corrected chi connectivity index (χ4v) is 5.69. The van der Waals surface area contributed by atoms with Gasteiger partial charge >= 0.3 is 6.18 Å². The Morgan fingerprint density at radius 2 is 1.95 bits per heavy atom. The summed E-state index contributed by atoms with van der Waals surface area (Å²) in [6, 6.07) is 13.0. The van der Waals surface area contributed by atoms with Crippen LogP contribution in [-0.2, 0) is 34.5 Å². The monoisotopic (exact) mass is 531 g/mol. The van der Waals surface area contributed by atoms with Crippen molar-refractivity contribution >= 4 is 5.91 Å². The number of ether oxygens (including phenoxy) is 1. The molecule has 11 heteroatoms. The zero-order chi connectivity index (χ0) is 27.0. The summed E-state index contributed by atoms with van der Waals surface area (Å²) < 4.78 is 61.7. The molecule has 2 fully saturated rings. The molecular weight excluding hydrogens is 502 g/mol. The first-order valence-electron chi connectivity index (χ1n) is 12.5. The van der Waals surface area contributed by atoms with Crippen molar-refractivity contribution in [3.63, 3.8) is 0 Å². The van der Waals surface area contributed by atoms with E-state index in [4.69, 9.17) is 4.74 Å². The summed E-state index contributed by atoms with van der Waals surface area (Å²) >= 11 is 0. The third kappa shape index (κ3) is 5.17. The molecule has 1 amide bonds. The van der Waals surface area contributed by atoms with Crippen molar-refractivity contribution in [3.05, 3.63) is 83.2 Å². The molecule has 0 saturated carbocycles. The van der Waals surface area contributed by atoms with Gasteiger partial charge in [-0.25, -0.2) is 4.39 Å². The number of benzene rings is 2. The van der Waals surface area contributed by atoms with E-state index in [0.717, 1.165) is 17.7 Å². The topological polar surface area (TPSA) is 72.3 Å². The van der Waals surface area contributed by atoms with Crippen molar-refractivity contribution in [3.8, 4) is 0 Å². The maximum atomic E-state index is 13.4. The number of piperidine rings is 1. The van der Waals surface area contributed by atoms with E-state index in [9.17, 15) is 22.4 Å². The molecule has 1 N–H and O–H groups in total. The van der Waals surface area contributed by atoms with Gasteiger partial charge in [-0.1, -0.05) is 41.6 Å². The molecule has 202 valence electrons. The minimum Gasteiger partial charge on any atom is -0.372 e. The lowest BCUT2D eigenvalue weighted by Crippen LogP contribution is -2.72. The third-order valence-electron chi connectivity index (χ3n) is 7.64. The molecule has 2 saturated heterocycles. The van der Waals surface area contributed by atoms with Gasteiger partial charge in [-0.05, 0) is 48.6 Å². The summed E-state index contributed by atoms with van der Waals surface area (Å²) in [5.41, 5.74) is -0.952. The summed E-state index contributed by atoms with van der Waals surface area (Å²) in [5, 5.41) is 11.1. The number of piperazine rings is 1. The number of rotatable bonds is 8. The lowest BCUT2D eigenvalue weighted by atomic mass is 9.73. The molecule has 0 spiro atoms. The van der Waals surface area contributed by atoms with E-state index in [1.807, 2.05) is 30.3 Å². The smallest absolute Gasteiger partial charge is 0.372 e. The average molecular weight is 532 g/mol. The molecule has 3 aromatic rings. The number of nitrogens with one attached hydrogen (secondary N) is 1. The summed E-state index contributed by atoms with van der Waals surface area (Å²) in [6.45, 7) is 1.97. The Hall–Kier alpha value is -3.31. The van der Waals surface area contributed by atoms with E-state index >= 15 is 0 Å². The molecule has 2 aliphatic heterocycles. The molecule has 2 aliphatic rings. The van der Waals surface area contributed by atoms with Crippen LogP contribution in [0.3, 0.4) is 0 Å². The largest absolute Gasteiger partial charge is 0.416 e. The maximum absolute atomic E-state index is 13.4. The first-order chi connectivity index (χ1) is 18.1. The molecule has 0 radical (unpaired) electrons. The highest BCUT2D eigenvalue weighted by atomic mass is 19.4. The Morgan fingerprint density at radius 1 is 1.16 bits per heavy atom. The van der Waals surface area contributed by atoms with Crippen LogP contribution in [0.5, 0.6) is 0 Å². The first-order valence-corrected chi connectivity index (χ1v) is 12.5. The number of alkyl halides is 4. The predicted molar refractivity (Wildman–Crippen MR) is 130 cm³/mol. The van der Waals surface area contributed by atoms with Crippen molar-refractivity contribution in [1.82, 2.24) is 25.2 Å². The number of amides is 1. The van der Waals surface area contributed by atoms with E-state index < -0.39 is 35.6 Å². The van der Waals surface area contributed by atoms with E-state index in [2.05, 4.69) is 20.5 Å². The fraction of sp³-hybridized carbons (Fsp3) is 0.444. The number of nitrogens with zero attached hydrogens (tertiary/aromatic N) is 4. The minimum atomic E-state index is -4.59. The van der Waals surface area contributed by atoms with Gasteiger partial charge in [0.05, 0.1) is 48.6 Å². The van der Waals surface area contributed by atoms with Crippen LogP contribution in [0, 0.1) is 0 Å². The normalized spacial score (nSPS) is 26.1. The Morgan fingerprint density at radius 3 is 2.63 bits per heavy atom. The third-order valence-corrected chi connectivity index (χ3v) is 7.64. The summed E-state index contributed by atoms with van der Waals surface area (Å²) in [7, 11) is 0. The van der Waals surface area contributed by atoms with Gasteiger partial charge in [-0.3, -0.25) is 14.4 Å². The van der Waals surface area contributed by atoms with Crippen molar-refractivity contribution in [2.45, 2.75) is 56.3 Å². The Balaban J connectivity index is 1.44. The number of aromatic nitrogens is 3. The number of carbonyl (C=O) groups is 1. The Bertz CT molecular complexity index is 1270. The molecule has 1 aromatic heterocycles. The molecule has 0 aliphatic carbocycles. The standard InChI is InChI=1S/C27H29F4N5O2/c1-19(21-11-20(14-28)12-23(13-21)27(29,30)31)38-18-26(22-5-3-2-4-6-22)8-7-25(17-36-10-9-32-34-36)16-35(26)15-24(37)33-25/h2-6,9-13,19H,7-8,14-18H2,1H3,(H,33,37)/t19-,25-,26-/m1/s1. The van der Waals surface area contributed by atoms with Crippen LogP contribution in [0.2, 0.25) is 0 Å². The number of hydrogen-bond acceptors (Lipinski definition) is 5. The molecular formula is C27H29F4N5O2. The molecule has 2 aromatic carbocycles. The van der Waals surface area contributed by atoms with Gasteiger partial charge in [0, 0.05) is 12.7 Å². The van der Waals surface area contributed by atoms with Crippen LogP contribution in [0.4, 0.5) is 17.6 Å². The summed E-state index contributed by atoms with van der Waals surface area (Å²) in [6.07, 6.45) is -0.710. The quantitative estimate of drug-likeness (QED) is 0.437. The van der Waals surface area contributed by atoms with Crippen LogP contribution in [-0.4, -0.2) is 51.0 Å². The van der Waals surface area contributed by atoms with Crippen molar-refractivity contribution in [2.24, 2.45) is 0 Å². The van der Waals surface area contributed by atoms with Crippen molar-refractivity contribution < 1.29 is 27.1 Å². The van der Waals surface area contributed by atoms with Crippen LogP contribution in [0.25, 0.3) is 0 Å². The first kappa shape index (κ1) is 26.3. The highest BCUT2D eigenvalue weighted by molar-refractivity contribution is 5.80. The Labute approximate surface area is 217 Å². The van der Waals surface area contributed by atoms with Gasteiger partial charge in [0.25, 0.3) is 0 Å². The molecule has 1 unspecified atom stereocenters. The van der Waals surface area contributed by atoms with Gasteiger partial charge in [0.15, 0.2) is 0 Å². The van der Waals surface area contributed by atoms with Gasteiger partial charge in [-0.2, -0.15) is 13.2 Å². The van der Waals surface area contributed by atoms with Crippen LogP contribution >= 0.6 is 0 Å². The summed E-state index contributed by atoms with van der Waals surface area (Å²) in [4.78, 5) is 15.0.